The van der Waals surface area contributed by atoms with Crippen molar-refractivity contribution in [3.8, 4) is 0 Å². The van der Waals surface area contributed by atoms with Crippen molar-refractivity contribution in [1.29, 1.82) is 0 Å². The number of aliphatic hydroxyl groups is 2. The van der Waals surface area contributed by atoms with Gasteiger partial charge < -0.3 is 20.8 Å². The number of carbonyl (C=O) groups is 2. The first kappa shape index (κ1) is 29.6. The Morgan fingerprint density at radius 3 is 2.74 bits per heavy atom. The number of benzene rings is 1. The van der Waals surface area contributed by atoms with Crippen LogP contribution in [-0.4, -0.2) is 86.8 Å². The van der Waals surface area contributed by atoms with Gasteiger partial charge in [0.2, 0.25) is 11.8 Å². The molecule has 9 nitrogen and oxygen atoms in total. The molecule has 4 N–H and O–H groups in total. The average Bonchev–Trinajstić information content (AvgIpc) is 3.17. The van der Waals surface area contributed by atoms with Crippen molar-refractivity contribution in [3.63, 3.8) is 0 Å². The topological polar surface area (TPSA) is 118 Å². The number of rotatable bonds is 9. The third-order valence-corrected chi connectivity index (χ3v) is 7.72. The third-order valence-electron chi connectivity index (χ3n) is 7.23. The Balaban J connectivity index is 1.32. The van der Waals surface area contributed by atoms with Gasteiger partial charge in [0.05, 0.1) is 18.2 Å². The number of aliphatic hydroxyl groups excluding tert-OH is 2. The van der Waals surface area contributed by atoms with Gasteiger partial charge in [0.15, 0.2) is 0 Å². The summed E-state index contributed by atoms with van der Waals surface area (Å²) in [6.07, 6.45) is 3.05. The number of β-amino-alcohol motifs (C(OH)–C–C–N with tert-alkyl or cyclic N) is 1. The molecule has 4 atom stereocenters. The molecule has 0 saturated carbocycles. The van der Waals surface area contributed by atoms with Crippen molar-refractivity contribution >= 4 is 27.7 Å². The van der Waals surface area contributed by atoms with Gasteiger partial charge in [-0.1, -0.05) is 28.1 Å². The maximum absolute atomic E-state index is 13.3. The Kier molecular flexibility index (Phi) is 9.77. The molecule has 1 fully saturated rings. The molecule has 0 bridgehead atoms. The fourth-order valence-corrected chi connectivity index (χ4v) is 5.74. The number of hydrogen-bond acceptors (Lipinski definition) is 7. The molecule has 1 aromatic heterocycles. The van der Waals surface area contributed by atoms with E-state index in [2.05, 4.69) is 36.4 Å². The van der Waals surface area contributed by atoms with Gasteiger partial charge in [0, 0.05) is 68.0 Å². The van der Waals surface area contributed by atoms with Crippen LogP contribution in [-0.2, 0) is 22.6 Å². The normalized spacial score (nSPS) is 22.8. The molecule has 2 amide bonds. The van der Waals surface area contributed by atoms with Crippen LogP contribution in [0.15, 0.2) is 47.2 Å². The Morgan fingerprint density at radius 2 is 2.03 bits per heavy atom. The number of amides is 2. The SMILES string of the molecule is CC(C)(C)NC(=O)[C@@H]1CN(Cc2cccnc2)CCN1C[C@@H](O)CCC(=O)N[C@H]1c2cc(Br)ccc2C[C@H]1O. The number of nitrogens with one attached hydrogen (secondary N) is 2. The third kappa shape index (κ3) is 8.31. The second-order valence-corrected chi connectivity index (χ2v) is 12.6. The summed E-state index contributed by atoms with van der Waals surface area (Å²) in [6.45, 7) is 8.81. The van der Waals surface area contributed by atoms with E-state index in [1.54, 1.807) is 6.20 Å². The van der Waals surface area contributed by atoms with Crippen molar-refractivity contribution < 1.29 is 19.8 Å². The lowest BCUT2D eigenvalue weighted by molar-refractivity contribution is -0.131. The van der Waals surface area contributed by atoms with Crippen LogP contribution in [0, 0.1) is 0 Å². The fraction of sp³-hybridized carbons (Fsp3) is 0.552. The first-order chi connectivity index (χ1) is 18.5. The molecular formula is C29H40BrN5O4. The first-order valence-electron chi connectivity index (χ1n) is 13.6. The second kappa shape index (κ2) is 12.9. The molecule has 0 spiro atoms. The quantitative estimate of drug-likeness (QED) is 0.348. The highest BCUT2D eigenvalue weighted by molar-refractivity contribution is 9.10. The zero-order valence-electron chi connectivity index (χ0n) is 22.9. The molecule has 212 valence electrons. The van der Waals surface area contributed by atoms with E-state index < -0.39 is 24.3 Å². The van der Waals surface area contributed by atoms with E-state index in [4.69, 9.17) is 0 Å². The summed E-state index contributed by atoms with van der Waals surface area (Å²) in [6, 6.07) is 8.89. The first-order valence-corrected chi connectivity index (χ1v) is 14.4. The summed E-state index contributed by atoms with van der Waals surface area (Å²) in [5, 5.41) is 27.4. The summed E-state index contributed by atoms with van der Waals surface area (Å²) >= 11 is 3.46. The maximum Gasteiger partial charge on any atom is 0.239 e. The Morgan fingerprint density at radius 1 is 1.23 bits per heavy atom. The van der Waals surface area contributed by atoms with Gasteiger partial charge >= 0.3 is 0 Å². The molecule has 1 aliphatic carbocycles. The van der Waals surface area contributed by atoms with Gasteiger partial charge in [-0.3, -0.25) is 24.4 Å². The van der Waals surface area contributed by atoms with Gasteiger partial charge in [0.25, 0.3) is 0 Å². The molecule has 2 aliphatic rings. The van der Waals surface area contributed by atoms with Crippen molar-refractivity contribution in [2.75, 3.05) is 26.2 Å². The van der Waals surface area contributed by atoms with Gasteiger partial charge in [-0.05, 0) is 62.1 Å². The molecule has 1 saturated heterocycles. The molecule has 39 heavy (non-hydrogen) atoms. The zero-order valence-corrected chi connectivity index (χ0v) is 24.5. The fourth-order valence-electron chi connectivity index (χ4n) is 5.36. The van der Waals surface area contributed by atoms with E-state index in [1.807, 2.05) is 62.2 Å². The summed E-state index contributed by atoms with van der Waals surface area (Å²) in [4.78, 5) is 34.5. The number of piperazine rings is 1. The highest BCUT2D eigenvalue weighted by atomic mass is 79.9. The van der Waals surface area contributed by atoms with E-state index in [0.29, 0.717) is 32.6 Å². The monoisotopic (exact) mass is 601 g/mol. The molecule has 4 rings (SSSR count). The summed E-state index contributed by atoms with van der Waals surface area (Å²) in [5.41, 5.74) is 2.67. The number of carbonyl (C=O) groups excluding carboxylic acids is 2. The average molecular weight is 603 g/mol. The number of pyridine rings is 1. The van der Waals surface area contributed by atoms with E-state index in [1.165, 1.54) is 0 Å². The van der Waals surface area contributed by atoms with E-state index in [0.717, 1.165) is 27.7 Å². The summed E-state index contributed by atoms with van der Waals surface area (Å²) < 4.78 is 0.899. The lowest BCUT2D eigenvalue weighted by Crippen LogP contribution is -2.61. The van der Waals surface area contributed by atoms with Crippen LogP contribution in [0.4, 0.5) is 0 Å². The Hall–Kier alpha value is -2.37. The zero-order chi connectivity index (χ0) is 28.2. The van der Waals surface area contributed by atoms with Crippen LogP contribution in [0.2, 0.25) is 0 Å². The molecule has 0 radical (unpaired) electrons. The van der Waals surface area contributed by atoms with Crippen molar-refractivity contribution in [2.45, 2.75) is 76.4 Å². The van der Waals surface area contributed by atoms with Crippen LogP contribution in [0.1, 0.15) is 56.3 Å². The molecule has 1 aliphatic heterocycles. The van der Waals surface area contributed by atoms with E-state index in [9.17, 15) is 19.8 Å². The van der Waals surface area contributed by atoms with Gasteiger partial charge in [-0.15, -0.1) is 0 Å². The van der Waals surface area contributed by atoms with Gasteiger partial charge in [0.1, 0.15) is 6.04 Å². The lowest BCUT2D eigenvalue weighted by Gasteiger charge is -2.42. The van der Waals surface area contributed by atoms with Crippen molar-refractivity contribution in [1.82, 2.24) is 25.4 Å². The predicted octanol–water partition coefficient (Wildman–Crippen LogP) is 2.16. The second-order valence-electron chi connectivity index (χ2n) is 11.7. The van der Waals surface area contributed by atoms with Gasteiger partial charge in [-0.25, -0.2) is 0 Å². The molecule has 1 aromatic carbocycles. The minimum atomic E-state index is -0.763. The summed E-state index contributed by atoms with van der Waals surface area (Å²) in [7, 11) is 0. The van der Waals surface area contributed by atoms with Crippen LogP contribution in [0.25, 0.3) is 0 Å². The minimum Gasteiger partial charge on any atom is -0.392 e. The lowest BCUT2D eigenvalue weighted by atomic mass is 10.0. The number of nitrogens with zero attached hydrogens (tertiary/aromatic N) is 3. The Labute approximate surface area is 239 Å². The number of hydrogen-bond donors (Lipinski definition) is 4. The van der Waals surface area contributed by atoms with Crippen molar-refractivity contribution in [2.24, 2.45) is 0 Å². The van der Waals surface area contributed by atoms with Crippen LogP contribution < -0.4 is 10.6 Å². The molecule has 0 unspecified atom stereocenters. The predicted molar refractivity (Wildman–Crippen MR) is 153 cm³/mol. The number of aromatic nitrogens is 1. The number of halogens is 1. The smallest absolute Gasteiger partial charge is 0.239 e. The molecule has 2 heterocycles. The highest BCUT2D eigenvalue weighted by Crippen LogP contribution is 2.33. The van der Waals surface area contributed by atoms with Gasteiger partial charge in [-0.2, -0.15) is 0 Å². The van der Waals surface area contributed by atoms with Crippen LogP contribution >= 0.6 is 15.9 Å². The number of fused-ring (bicyclic) bond motifs is 1. The molecule has 2 aromatic rings. The maximum atomic E-state index is 13.3. The van der Waals surface area contributed by atoms with E-state index in [-0.39, 0.29) is 30.2 Å². The molecule has 10 heteroatoms. The van der Waals surface area contributed by atoms with E-state index >= 15 is 0 Å². The standard InChI is InChI=1S/C29H40BrN5O4/c1-29(2,3)33-28(39)24-18-34(16-19-5-4-10-31-15-19)11-12-35(24)17-22(36)8-9-26(38)32-27-23-14-21(30)7-6-20(23)13-25(27)37/h4-7,10,14-15,22,24-25,27,36-37H,8-9,11-13,16-18H2,1-3H3,(H,32,38)(H,33,39)/t22-,24-,25+,27-/m0/s1. The van der Waals surface area contributed by atoms with Crippen LogP contribution in [0.3, 0.4) is 0 Å². The largest absolute Gasteiger partial charge is 0.392 e. The molecular weight excluding hydrogens is 562 g/mol. The highest BCUT2D eigenvalue weighted by Gasteiger charge is 2.35. The Bertz CT molecular complexity index is 1140. The minimum absolute atomic E-state index is 0.0663. The van der Waals surface area contributed by atoms with Crippen LogP contribution in [0.5, 0.6) is 0 Å². The summed E-state index contributed by atoms with van der Waals surface area (Å²) in [5.74, 6) is -0.280. The van der Waals surface area contributed by atoms with Crippen molar-refractivity contribution in [3.05, 3.63) is 63.9 Å².